The lowest BCUT2D eigenvalue weighted by Gasteiger charge is -2.29. The number of carbonyl (C=O) groups is 4. The molecule has 2 atom stereocenters. The van der Waals surface area contributed by atoms with Crippen molar-refractivity contribution in [2.75, 3.05) is 0 Å². The molecule has 0 saturated carbocycles. The molecule has 6 nitrogen and oxygen atoms in total. The molecule has 2 unspecified atom stereocenters. The van der Waals surface area contributed by atoms with Crippen molar-refractivity contribution in [3.63, 3.8) is 0 Å². The van der Waals surface area contributed by atoms with Gasteiger partial charge in [0.2, 0.25) is 11.8 Å². The topological polar surface area (TPSA) is 83.6 Å². The van der Waals surface area contributed by atoms with Crippen LogP contribution in [0.1, 0.15) is 64.5 Å². The number of Topliss-reactive ketones (excluding diaryl/α,β-unsaturated/α-hetero) is 1. The van der Waals surface area contributed by atoms with Crippen molar-refractivity contribution in [2.45, 2.75) is 65.0 Å². The van der Waals surface area contributed by atoms with Crippen molar-refractivity contribution in [1.82, 2.24) is 10.2 Å². The summed E-state index contributed by atoms with van der Waals surface area (Å²) in [7, 11) is 0. The van der Waals surface area contributed by atoms with E-state index in [0.29, 0.717) is 31.4 Å². The molecule has 1 N–H and O–H groups in total. The van der Waals surface area contributed by atoms with Gasteiger partial charge < -0.3 is 4.90 Å². The maximum atomic E-state index is 12.8. The highest BCUT2D eigenvalue weighted by Gasteiger charge is 2.40. The molecule has 0 bridgehead atoms. The Morgan fingerprint density at radius 1 is 1.27 bits per heavy atom. The quantitative estimate of drug-likeness (QED) is 0.565. The monoisotopic (exact) mass is 486 g/mol. The zero-order valence-electron chi connectivity index (χ0n) is 18.8. The number of halogens is 1. The van der Waals surface area contributed by atoms with Gasteiger partial charge in [0.15, 0.2) is 0 Å². The summed E-state index contributed by atoms with van der Waals surface area (Å²) in [4.78, 5) is 51.8. The Labute approximate surface area is 202 Å². The molecule has 0 spiro atoms. The molecule has 2 aliphatic rings. The number of nitrogens with one attached hydrogen (secondary N) is 1. The largest absolute Gasteiger partial charge is 0.322 e. The van der Waals surface area contributed by atoms with Crippen molar-refractivity contribution >= 4 is 46.4 Å². The summed E-state index contributed by atoms with van der Waals surface area (Å²) >= 11 is 7.70. The minimum absolute atomic E-state index is 0.0558. The Morgan fingerprint density at radius 3 is 2.79 bits per heavy atom. The van der Waals surface area contributed by atoms with E-state index in [1.807, 2.05) is 31.4 Å². The van der Waals surface area contributed by atoms with E-state index in [4.69, 9.17) is 11.6 Å². The minimum Gasteiger partial charge on any atom is -0.322 e. The second-order valence-electron chi connectivity index (χ2n) is 8.94. The molecule has 1 fully saturated rings. The number of piperidine rings is 1. The Morgan fingerprint density at radius 2 is 2.06 bits per heavy atom. The van der Waals surface area contributed by atoms with Gasteiger partial charge in [-0.2, -0.15) is 0 Å². The van der Waals surface area contributed by atoms with Crippen molar-refractivity contribution in [3.05, 3.63) is 55.7 Å². The van der Waals surface area contributed by atoms with Crippen LogP contribution < -0.4 is 5.32 Å². The zero-order valence-corrected chi connectivity index (χ0v) is 20.4. The lowest BCUT2D eigenvalue weighted by atomic mass is 9.94. The normalized spacial score (nSPS) is 18.9. The fourth-order valence-electron chi connectivity index (χ4n) is 4.43. The second-order valence-corrected chi connectivity index (χ2v) is 10.3. The highest BCUT2D eigenvalue weighted by atomic mass is 35.5. The molecule has 33 heavy (non-hydrogen) atoms. The molecule has 3 heterocycles. The number of hydrogen-bond acceptors (Lipinski definition) is 5. The summed E-state index contributed by atoms with van der Waals surface area (Å²) in [5, 5.41) is 4.90. The average Bonchev–Trinajstić information content (AvgIpc) is 3.32. The first-order valence-electron chi connectivity index (χ1n) is 11.3. The number of carbonyl (C=O) groups excluding carboxylic acids is 4. The molecule has 2 aliphatic heterocycles. The van der Waals surface area contributed by atoms with E-state index in [9.17, 15) is 19.2 Å². The SMILES string of the molecule is Cc1ccc(CCC(C)C(=O)CCc2scc3c2CN(C2CCC(=O)NC2=O)C3=O)cc1Cl. The maximum absolute atomic E-state index is 12.8. The summed E-state index contributed by atoms with van der Waals surface area (Å²) in [6.45, 7) is 4.29. The van der Waals surface area contributed by atoms with E-state index in [-0.39, 0.29) is 29.9 Å². The first kappa shape index (κ1) is 23.6. The molecule has 1 saturated heterocycles. The van der Waals surface area contributed by atoms with Gasteiger partial charge >= 0.3 is 0 Å². The summed E-state index contributed by atoms with van der Waals surface area (Å²) in [6, 6.07) is 5.41. The van der Waals surface area contributed by atoms with Crippen LogP contribution in [0, 0.1) is 12.8 Å². The van der Waals surface area contributed by atoms with Gasteiger partial charge in [-0.3, -0.25) is 24.5 Å². The molecule has 1 aromatic carbocycles. The fourth-order valence-corrected chi connectivity index (χ4v) is 5.68. The lowest BCUT2D eigenvalue weighted by molar-refractivity contribution is -0.137. The maximum Gasteiger partial charge on any atom is 0.256 e. The van der Waals surface area contributed by atoms with Crippen molar-refractivity contribution in [3.8, 4) is 0 Å². The van der Waals surface area contributed by atoms with Crippen LogP contribution in [0.3, 0.4) is 0 Å². The van der Waals surface area contributed by atoms with Crippen molar-refractivity contribution in [2.24, 2.45) is 5.92 Å². The Hall–Kier alpha value is -2.51. The third-order valence-corrected chi connectivity index (χ3v) is 8.13. The van der Waals surface area contributed by atoms with E-state index < -0.39 is 11.9 Å². The predicted octanol–water partition coefficient (Wildman–Crippen LogP) is 4.24. The van der Waals surface area contributed by atoms with Gasteiger partial charge in [0.25, 0.3) is 5.91 Å². The number of aryl methyl sites for hydroxylation is 3. The van der Waals surface area contributed by atoms with E-state index in [2.05, 4.69) is 11.4 Å². The molecule has 174 valence electrons. The molecule has 0 aliphatic carbocycles. The predicted molar refractivity (Wildman–Crippen MR) is 127 cm³/mol. The summed E-state index contributed by atoms with van der Waals surface area (Å²) in [5.74, 6) is -0.718. The molecule has 8 heteroatoms. The molecular weight excluding hydrogens is 460 g/mol. The van der Waals surface area contributed by atoms with Gasteiger partial charge in [-0.25, -0.2) is 0 Å². The number of rotatable bonds is 8. The third kappa shape index (κ3) is 5.04. The standard InChI is InChI=1S/C25H27ClN2O4S/c1-14-3-5-16(11-19(14)26)6-4-15(2)21(29)8-9-22-17-12-28(25(32)18(17)13-33-22)20-7-10-23(30)27-24(20)31/h3,5,11,13,15,20H,4,6-10,12H2,1-2H3,(H,27,30,31). The van der Waals surface area contributed by atoms with Crippen molar-refractivity contribution in [1.29, 1.82) is 0 Å². The molecule has 3 amide bonds. The number of nitrogens with zero attached hydrogens (tertiary/aromatic N) is 1. The van der Waals surface area contributed by atoms with E-state index in [1.54, 1.807) is 4.90 Å². The Bertz CT molecular complexity index is 1130. The number of ketones is 1. The number of fused-ring (bicyclic) bond motifs is 1. The molecule has 1 aromatic heterocycles. The van der Waals surface area contributed by atoms with Crippen LogP contribution in [0.25, 0.3) is 0 Å². The van der Waals surface area contributed by atoms with Crippen LogP contribution in [0.5, 0.6) is 0 Å². The number of benzene rings is 1. The number of imide groups is 1. The number of amides is 3. The minimum atomic E-state index is -0.614. The smallest absolute Gasteiger partial charge is 0.256 e. The van der Waals surface area contributed by atoms with Crippen molar-refractivity contribution < 1.29 is 19.2 Å². The van der Waals surface area contributed by atoms with Gasteiger partial charge in [0.05, 0.1) is 5.56 Å². The van der Waals surface area contributed by atoms with Gasteiger partial charge in [0, 0.05) is 40.6 Å². The number of hydrogen-bond donors (Lipinski definition) is 1. The third-order valence-electron chi connectivity index (χ3n) is 6.64. The molecule has 2 aromatic rings. The van der Waals surface area contributed by atoms with E-state index in [1.165, 1.54) is 11.3 Å². The van der Waals surface area contributed by atoms with Crippen LogP contribution in [0.2, 0.25) is 5.02 Å². The number of thiophene rings is 1. The Balaban J connectivity index is 1.32. The van der Waals surface area contributed by atoms with Crippen LogP contribution in [0.15, 0.2) is 23.6 Å². The molecule has 0 radical (unpaired) electrons. The zero-order chi connectivity index (χ0) is 23.7. The van der Waals surface area contributed by atoms with Crippen LogP contribution in [-0.2, 0) is 33.8 Å². The van der Waals surface area contributed by atoms with E-state index >= 15 is 0 Å². The summed E-state index contributed by atoms with van der Waals surface area (Å²) < 4.78 is 0. The first-order chi connectivity index (χ1) is 15.7. The average molecular weight is 487 g/mol. The highest BCUT2D eigenvalue weighted by Crippen LogP contribution is 2.34. The Kier molecular flexibility index (Phi) is 7.00. The van der Waals surface area contributed by atoms with Gasteiger partial charge in [0.1, 0.15) is 11.8 Å². The first-order valence-corrected chi connectivity index (χ1v) is 12.5. The van der Waals surface area contributed by atoms with E-state index in [0.717, 1.165) is 39.4 Å². The van der Waals surface area contributed by atoms with Gasteiger partial charge in [-0.05, 0) is 55.4 Å². The summed E-state index contributed by atoms with van der Waals surface area (Å²) in [5.41, 5.74) is 3.72. The molecular formula is C25H27ClN2O4S. The van der Waals surface area contributed by atoms with Crippen LogP contribution >= 0.6 is 22.9 Å². The fraction of sp³-hybridized carbons (Fsp3) is 0.440. The van der Waals surface area contributed by atoms with Gasteiger partial charge in [-0.1, -0.05) is 30.7 Å². The van der Waals surface area contributed by atoms with Crippen LogP contribution in [0.4, 0.5) is 0 Å². The summed E-state index contributed by atoms with van der Waals surface area (Å²) in [6.07, 6.45) is 3.17. The second kappa shape index (κ2) is 9.77. The van der Waals surface area contributed by atoms with Crippen LogP contribution in [-0.4, -0.2) is 34.4 Å². The molecule has 4 rings (SSSR count). The highest BCUT2D eigenvalue weighted by molar-refractivity contribution is 7.10. The van der Waals surface area contributed by atoms with Gasteiger partial charge in [-0.15, -0.1) is 11.3 Å². The lowest BCUT2D eigenvalue weighted by Crippen LogP contribution is -2.52.